The molecule has 2 N–H and O–H groups in total. The summed E-state index contributed by atoms with van der Waals surface area (Å²) in [7, 11) is 0. The first-order valence-electron chi connectivity index (χ1n) is 9.77. The van der Waals surface area contributed by atoms with E-state index in [1.54, 1.807) is 0 Å². The summed E-state index contributed by atoms with van der Waals surface area (Å²) < 4.78 is 5.88. The van der Waals surface area contributed by atoms with E-state index in [9.17, 15) is 14.7 Å². The second-order valence-corrected chi connectivity index (χ2v) is 7.42. The Morgan fingerprint density at radius 2 is 1.96 bits per heavy atom. The van der Waals surface area contributed by atoms with E-state index in [1.807, 2.05) is 61.5 Å². The molecule has 0 aromatic heterocycles. The van der Waals surface area contributed by atoms with Crippen LogP contribution in [0.15, 0.2) is 54.6 Å². The van der Waals surface area contributed by atoms with Crippen LogP contribution in [-0.2, 0) is 20.7 Å². The molecule has 1 amide bonds. The van der Waals surface area contributed by atoms with Crippen LogP contribution in [0.5, 0.6) is 0 Å². The van der Waals surface area contributed by atoms with Gasteiger partial charge in [0.05, 0.1) is 17.9 Å². The molecule has 5 heteroatoms. The predicted octanol–water partition coefficient (Wildman–Crippen LogP) is 3.52. The number of aliphatic carboxylic acids is 1. The molecule has 1 aliphatic heterocycles. The molecule has 0 radical (unpaired) electrons. The van der Waals surface area contributed by atoms with E-state index in [-0.39, 0.29) is 24.5 Å². The molecule has 1 aliphatic rings. The Balaban J connectivity index is 1.64. The van der Waals surface area contributed by atoms with Crippen molar-refractivity contribution < 1.29 is 19.4 Å². The third kappa shape index (κ3) is 5.20. The van der Waals surface area contributed by atoms with Crippen molar-refractivity contribution in [3.63, 3.8) is 0 Å². The van der Waals surface area contributed by atoms with Crippen LogP contribution in [-0.4, -0.2) is 30.1 Å². The molecule has 0 saturated carbocycles. The predicted molar refractivity (Wildman–Crippen MR) is 107 cm³/mol. The van der Waals surface area contributed by atoms with E-state index in [0.29, 0.717) is 13.0 Å². The number of carboxylic acids is 1. The van der Waals surface area contributed by atoms with E-state index in [0.717, 1.165) is 29.5 Å². The molecule has 0 spiro atoms. The number of hydrogen-bond donors (Lipinski definition) is 2. The van der Waals surface area contributed by atoms with Crippen LogP contribution in [0, 0.1) is 18.8 Å². The number of carbonyl (C=O) groups is 2. The standard InChI is InChI=1S/C23H27NO4/c1-16-7-5-8-17(13-16)14-19(23(26)27)15-24-22(25)20-11-6-12-28-21(20)18-9-3-2-4-10-18/h2-5,7-10,13,19-21H,6,11-12,14-15H2,1H3,(H,24,25)(H,26,27). The van der Waals surface area contributed by atoms with Crippen molar-refractivity contribution in [1.29, 1.82) is 0 Å². The number of carboxylic acid groups (broad SMARTS) is 1. The number of nitrogens with one attached hydrogen (secondary N) is 1. The van der Waals surface area contributed by atoms with Gasteiger partial charge in [-0.1, -0.05) is 60.2 Å². The maximum absolute atomic E-state index is 12.8. The molecule has 28 heavy (non-hydrogen) atoms. The van der Waals surface area contributed by atoms with Gasteiger partial charge in [-0.3, -0.25) is 9.59 Å². The van der Waals surface area contributed by atoms with Crippen molar-refractivity contribution in [2.45, 2.75) is 32.3 Å². The van der Waals surface area contributed by atoms with Crippen LogP contribution in [0.2, 0.25) is 0 Å². The number of benzene rings is 2. The fourth-order valence-electron chi connectivity index (χ4n) is 3.75. The van der Waals surface area contributed by atoms with Crippen LogP contribution < -0.4 is 5.32 Å². The normalized spacial score (nSPS) is 20.3. The zero-order chi connectivity index (χ0) is 19.9. The van der Waals surface area contributed by atoms with Crippen LogP contribution in [0.4, 0.5) is 0 Å². The molecule has 1 fully saturated rings. The van der Waals surface area contributed by atoms with Crippen molar-refractivity contribution in [2.24, 2.45) is 11.8 Å². The second kappa shape index (κ2) is 9.51. The van der Waals surface area contributed by atoms with Gasteiger partial charge in [-0.25, -0.2) is 0 Å². The van der Waals surface area contributed by atoms with Gasteiger partial charge in [0.1, 0.15) is 0 Å². The minimum Gasteiger partial charge on any atom is -0.481 e. The van der Waals surface area contributed by atoms with Crippen molar-refractivity contribution in [3.05, 3.63) is 71.3 Å². The van der Waals surface area contributed by atoms with Crippen LogP contribution in [0.3, 0.4) is 0 Å². The average Bonchev–Trinajstić information content (AvgIpc) is 2.71. The highest BCUT2D eigenvalue weighted by molar-refractivity contribution is 5.80. The molecule has 5 nitrogen and oxygen atoms in total. The van der Waals surface area contributed by atoms with E-state index < -0.39 is 11.9 Å². The highest BCUT2D eigenvalue weighted by Gasteiger charge is 2.33. The van der Waals surface area contributed by atoms with Gasteiger partial charge in [0.15, 0.2) is 0 Å². The van der Waals surface area contributed by atoms with Gasteiger partial charge in [0, 0.05) is 13.2 Å². The summed E-state index contributed by atoms with van der Waals surface area (Å²) in [5.41, 5.74) is 3.04. The van der Waals surface area contributed by atoms with Crippen LogP contribution in [0.1, 0.15) is 35.6 Å². The van der Waals surface area contributed by atoms with E-state index in [4.69, 9.17) is 4.74 Å². The lowest BCUT2D eigenvalue weighted by Crippen LogP contribution is -2.41. The smallest absolute Gasteiger partial charge is 0.308 e. The summed E-state index contributed by atoms with van der Waals surface area (Å²) in [6.07, 6.45) is 1.67. The van der Waals surface area contributed by atoms with E-state index in [2.05, 4.69) is 5.32 Å². The molecule has 148 valence electrons. The first-order valence-corrected chi connectivity index (χ1v) is 9.77. The Labute approximate surface area is 165 Å². The highest BCUT2D eigenvalue weighted by Crippen LogP contribution is 2.33. The lowest BCUT2D eigenvalue weighted by atomic mass is 9.88. The first kappa shape index (κ1) is 20.1. The zero-order valence-electron chi connectivity index (χ0n) is 16.1. The van der Waals surface area contributed by atoms with Gasteiger partial charge in [0.2, 0.25) is 5.91 Å². The van der Waals surface area contributed by atoms with Gasteiger partial charge in [-0.2, -0.15) is 0 Å². The number of amides is 1. The lowest BCUT2D eigenvalue weighted by molar-refractivity contribution is -0.142. The summed E-state index contributed by atoms with van der Waals surface area (Å²) in [4.78, 5) is 24.5. The topological polar surface area (TPSA) is 75.6 Å². The quantitative estimate of drug-likeness (QED) is 0.769. The Morgan fingerprint density at radius 1 is 1.18 bits per heavy atom. The fourth-order valence-corrected chi connectivity index (χ4v) is 3.75. The van der Waals surface area contributed by atoms with Crippen LogP contribution >= 0.6 is 0 Å². The third-order valence-corrected chi connectivity index (χ3v) is 5.22. The SMILES string of the molecule is Cc1cccc(CC(CNC(=O)C2CCCOC2c2ccccc2)C(=O)O)c1. The minimum absolute atomic E-state index is 0.111. The molecule has 2 aromatic rings. The third-order valence-electron chi connectivity index (χ3n) is 5.22. The molecule has 3 unspecified atom stereocenters. The summed E-state index contributed by atoms with van der Waals surface area (Å²) in [6, 6.07) is 17.5. The fraction of sp³-hybridized carbons (Fsp3) is 0.391. The number of aryl methyl sites for hydroxylation is 1. The number of carbonyl (C=O) groups excluding carboxylic acids is 1. The molecule has 0 bridgehead atoms. The van der Waals surface area contributed by atoms with Gasteiger partial charge in [0.25, 0.3) is 0 Å². The largest absolute Gasteiger partial charge is 0.481 e. The highest BCUT2D eigenvalue weighted by atomic mass is 16.5. The molecule has 3 atom stereocenters. The molecule has 1 saturated heterocycles. The summed E-state index contributed by atoms with van der Waals surface area (Å²) in [6.45, 7) is 2.72. The molecular formula is C23H27NO4. The number of ether oxygens (including phenoxy) is 1. The maximum atomic E-state index is 12.8. The van der Waals surface area contributed by atoms with Gasteiger partial charge in [-0.15, -0.1) is 0 Å². The summed E-state index contributed by atoms with van der Waals surface area (Å²) in [5, 5.41) is 12.4. The van der Waals surface area contributed by atoms with Gasteiger partial charge in [-0.05, 0) is 37.3 Å². The lowest BCUT2D eigenvalue weighted by Gasteiger charge is -2.31. The molecule has 0 aliphatic carbocycles. The van der Waals surface area contributed by atoms with Crippen molar-refractivity contribution in [2.75, 3.05) is 13.2 Å². The Kier molecular flexibility index (Phi) is 6.82. The zero-order valence-corrected chi connectivity index (χ0v) is 16.1. The maximum Gasteiger partial charge on any atom is 0.308 e. The minimum atomic E-state index is -0.902. The van der Waals surface area contributed by atoms with Crippen molar-refractivity contribution >= 4 is 11.9 Å². The molecule has 2 aromatic carbocycles. The van der Waals surface area contributed by atoms with Gasteiger partial charge >= 0.3 is 5.97 Å². The summed E-state index contributed by atoms with van der Waals surface area (Å²) >= 11 is 0. The number of rotatable bonds is 7. The molecular weight excluding hydrogens is 354 g/mol. The van der Waals surface area contributed by atoms with Crippen molar-refractivity contribution in [1.82, 2.24) is 5.32 Å². The van der Waals surface area contributed by atoms with E-state index in [1.165, 1.54) is 0 Å². The average molecular weight is 381 g/mol. The van der Waals surface area contributed by atoms with E-state index >= 15 is 0 Å². The Morgan fingerprint density at radius 3 is 2.68 bits per heavy atom. The molecule has 1 heterocycles. The van der Waals surface area contributed by atoms with Gasteiger partial charge < -0.3 is 15.2 Å². The number of hydrogen-bond acceptors (Lipinski definition) is 3. The molecule has 3 rings (SSSR count). The second-order valence-electron chi connectivity index (χ2n) is 7.42. The summed E-state index contributed by atoms with van der Waals surface area (Å²) in [5.74, 6) is -2.00. The van der Waals surface area contributed by atoms with Crippen molar-refractivity contribution in [3.8, 4) is 0 Å². The Hall–Kier alpha value is -2.66. The first-order chi connectivity index (χ1) is 13.5. The monoisotopic (exact) mass is 381 g/mol. The Bertz CT molecular complexity index is 805. The van der Waals surface area contributed by atoms with Crippen LogP contribution in [0.25, 0.3) is 0 Å².